The first kappa shape index (κ1) is 15.0. The topological polar surface area (TPSA) is 152 Å². The van der Waals surface area contributed by atoms with Crippen LogP contribution in [0.4, 0.5) is 5.95 Å². The Morgan fingerprint density at radius 3 is 2.60 bits per heavy atom. The van der Waals surface area contributed by atoms with Crippen LogP contribution in [-0.4, -0.2) is 34.9 Å². The average molecular weight is 355 g/mol. The van der Waals surface area contributed by atoms with E-state index in [2.05, 4.69) is 35.2 Å². The van der Waals surface area contributed by atoms with Crippen LogP contribution in [0.2, 0.25) is 0 Å². The molecule has 5 N–H and O–H groups in total. The molecular weight excluding hydrogens is 346 g/mol. The van der Waals surface area contributed by atoms with Crippen LogP contribution < -0.4 is 22.1 Å². The molecule has 10 nitrogen and oxygen atoms in total. The van der Waals surface area contributed by atoms with Crippen LogP contribution in [0.25, 0.3) is 22.1 Å². The summed E-state index contributed by atoms with van der Waals surface area (Å²) in [6, 6.07) is 6.82. The largest absolute Gasteiger partial charge is 0.325 e. The van der Waals surface area contributed by atoms with Gasteiger partial charge < -0.3 is 10.3 Å². The van der Waals surface area contributed by atoms with Gasteiger partial charge in [-0.3, -0.25) is 24.5 Å². The third-order valence-electron chi connectivity index (χ3n) is 3.45. The lowest BCUT2D eigenvalue weighted by Gasteiger charge is -2.07. The smallest absolute Gasteiger partial charge is 0.314 e. The molecule has 0 fully saturated rings. The molecule has 0 amide bonds. The summed E-state index contributed by atoms with van der Waals surface area (Å²) in [5.41, 5.74) is -0.839. The minimum absolute atomic E-state index is 0.00792. The Hall–Kier alpha value is -3.60. The summed E-state index contributed by atoms with van der Waals surface area (Å²) in [6.45, 7) is 0. The van der Waals surface area contributed by atoms with E-state index in [4.69, 9.17) is 12.2 Å². The average Bonchev–Trinajstić information content (AvgIpc) is 2.96. The fourth-order valence-electron chi connectivity index (χ4n) is 2.35. The molecule has 0 spiro atoms. The lowest BCUT2D eigenvalue weighted by molar-refractivity contribution is 1.13. The highest BCUT2D eigenvalue weighted by Gasteiger charge is 2.11. The summed E-state index contributed by atoms with van der Waals surface area (Å²) in [5.74, 6) is 0.137. The minimum atomic E-state index is -0.548. The molecule has 0 bridgehead atoms. The van der Waals surface area contributed by atoms with Gasteiger partial charge in [0.1, 0.15) is 4.99 Å². The maximum Gasteiger partial charge on any atom is 0.325 e. The number of hydrogen-bond acceptors (Lipinski definition) is 6. The zero-order chi connectivity index (χ0) is 17.6. The SMILES string of the molecule is O=c1[nH]c2nc(NC(=S)c3nc4ccccc4c(=O)[nH]3)[nH]c(=O)c2[nH]1. The van der Waals surface area contributed by atoms with Gasteiger partial charge in [-0.1, -0.05) is 24.4 Å². The Kier molecular flexibility index (Phi) is 3.28. The lowest BCUT2D eigenvalue weighted by Crippen LogP contribution is -2.22. The molecule has 0 aliphatic heterocycles. The van der Waals surface area contributed by atoms with E-state index in [0.29, 0.717) is 10.9 Å². The van der Waals surface area contributed by atoms with E-state index < -0.39 is 11.2 Å². The van der Waals surface area contributed by atoms with Crippen molar-refractivity contribution in [2.45, 2.75) is 0 Å². The van der Waals surface area contributed by atoms with E-state index >= 15 is 0 Å². The molecule has 124 valence electrons. The molecule has 25 heavy (non-hydrogen) atoms. The molecule has 0 unspecified atom stereocenters. The van der Waals surface area contributed by atoms with Gasteiger partial charge >= 0.3 is 5.69 Å². The second kappa shape index (κ2) is 5.49. The molecule has 4 rings (SSSR count). The maximum atomic E-state index is 12.1. The maximum absolute atomic E-state index is 12.1. The second-order valence-electron chi connectivity index (χ2n) is 5.10. The van der Waals surface area contributed by atoms with Crippen LogP contribution in [0.1, 0.15) is 5.82 Å². The van der Waals surface area contributed by atoms with E-state index in [1.165, 1.54) is 0 Å². The van der Waals surface area contributed by atoms with Crippen LogP contribution in [0, 0.1) is 0 Å². The first-order valence-corrected chi connectivity index (χ1v) is 7.45. The number of aromatic amines is 4. The number of para-hydroxylation sites is 1. The number of imidazole rings is 1. The number of nitrogens with one attached hydrogen (secondary N) is 5. The highest BCUT2D eigenvalue weighted by Crippen LogP contribution is 2.08. The fraction of sp³-hybridized carbons (Fsp3) is 0. The molecule has 0 radical (unpaired) electrons. The van der Waals surface area contributed by atoms with Gasteiger partial charge in [-0.05, 0) is 12.1 Å². The number of H-pyrrole nitrogens is 4. The van der Waals surface area contributed by atoms with Crippen molar-refractivity contribution >= 4 is 45.2 Å². The number of anilines is 1. The summed E-state index contributed by atoms with van der Waals surface area (Å²) < 4.78 is 0. The van der Waals surface area contributed by atoms with Gasteiger partial charge in [0.2, 0.25) is 5.95 Å². The van der Waals surface area contributed by atoms with Crippen LogP contribution >= 0.6 is 12.2 Å². The molecule has 0 saturated carbocycles. The van der Waals surface area contributed by atoms with E-state index in [1.54, 1.807) is 24.3 Å². The Morgan fingerprint density at radius 1 is 0.960 bits per heavy atom. The fourth-order valence-corrected chi connectivity index (χ4v) is 2.55. The quantitative estimate of drug-likeness (QED) is 0.316. The monoisotopic (exact) mass is 355 g/mol. The van der Waals surface area contributed by atoms with Crippen molar-refractivity contribution in [2.75, 3.05) is 5.32 Å². The van der Waals surface area contributed by atoms with Gasteiger partial charge in [-0.2, -0.15) is 4.98 Å². The lowest BCUT2D eigenvalue weighted by atomic mass is 10.2. The van der Waals surface area contributed by atoms with E-state index in [9.17, 15) is 14.4 Å². The Labute approximate surface area is 142 Å². The molecule has 1 aromatic carbocycles. The van der Waals surface area contributed by atoms with Gasteiger partial charge in [0.15, 0.2) is 17.0 Å². The van der Waals surface area contributed by atoms with Crippen LogP contribution in [0.5, 0.6) is 0 Å². The van der Waals surface area contributed by atoms with Crippen LogP contribution in [0.3, 0.4) is 0 Å². The first-order chi connectivity index (χ1) is 12.0. The number of fused-ring (bicyclic) bond motifs is 2. The predicted octanol–water partition coefficient (Wildman–Crippen LogP) is -0.0364. The van der Waals surface area contributed by atoms with Crippen LogP contribution in [-0.2, 0) is 0 Å². The standard InChI is InChI=1S/C14H9N7O3S/c22-10-5-3-1-2-4-6(5)15-9(17-10)12(25)21-13-18-8-7(11(23)20-13)16-14(24)19-8/h1-4H,(H,15,17,22)(H4,16,18,19,20,21,23,24,25). The summed E-state index contributed by atoms with van der Waals surface area (Å²) in [5, 5.41) is 3.13. The third kappa shape index (κ3) is 2.61. The molecule has 0 aliphatic rings. The Bertz CT molecular complexity index is 1310. The summed E-state index contributed by atoms with van der Waals surface area (Å²) >= 11 is 5.21. The number of rotatable bonds is 2. The number of thiocarbonyl (C=S) groups is 1. The third-order valence-corrected chi connectivity index (χ3v) is 3.75. The van der Waals surface area contributed by atoms with Gasteiger partial charge in [0, 0.05) is 0 Å². The molecule has 0 atom stereocenters. The molecular formula is C14H9N7O3S. The number of aromatic nitrogens is 6. The zero-order valence-corrected chi connectivity index (χ0v) is 13.2. The molecule has 11 heteroatoms. The van der Waals surface area contributed by atoms with Crippen molar-refractivity contribution in [3.05, 3.63) is 61.3 Å². The Morgan fingerprint density at radius 2 is 1.76 bits per heavy atom. The minimum Gasteiger partial charge on any atom is -0.314 e. The number of hydrogen-bond donors (Lipinski definition) is 5. The van der Waals surface area contributed by atoms with Gasteiger partial charge in [0.05, 0.1) is 10.9 Å². The van der Waals surface area contributed by atoms with Crippen molar-refractivity contribution < 1.29 is 0 Å². The van der Waals surface area contributed by atoms with Gasteiger partial charge in [-0.15, -0.1) is 0 Å². The molecule has 0 aliphatic carbocycles. The van der Waals surface area contributed by atoms with Crippen molar-refractivity contribution in [1.82, 2.24) is 29.9 Å². The summed E-state index contributed by atoms with van der Waals surface area (Å²) in [6.07, 6.45) is 0. The summed E-state index contributed by atoms with van der Waals surface area (Å²) in [7, 11) is 0. The van der Waals surface area contributed by atoms with Crippen molar-refractivity contribution in [1.29, 1.82) is 0 Å². The Balaban J connectivity index is 1.74. The number of benzene rings is 1. The predicted molar refractivity (Wildman–Crippen MR) is 95.0 cm³/mol. The van der Waals surface area contributed by atoms with E-state index in [-0.39, 0.29) is 33.5 Å². The molecule has 3 heterocycles. The zero-order valence-electron chi connectivity index (χ0n) is 12.3. The van der Waals surface area contributed by atoms with Gasteiger partial charge in [0.25, 0.3) is 11.1 Å². The molecule has 3 aromatic heterocycles. The van der Waals surface area contributed by atoms with Crippen molar-refractivity contribution in [3.8, 4) is 0 Å². The molecule has 4 aromatic rings. The van der Waals surface area contributed by atoms with Gasteiger partial charge in [-0.25, -0.2) is 9.78 Å². The van der Waals surface area contributed by atoms with Crippen molar-refractivity contribution in [2.24, 2.45) is 0 Å². The number of nitrogens with zero attached hydrogens (tertiary/aromatic N) is 2. The normalized spacial score (nSPS) is 11.0. The van der Waals surface area contributed by atoms with E-state index in [0.717, 1.165) is 0 Å². The highest BCUT2D eigenvalue weighted by atomic mass is 32.1. The van der Waals surface area contributed by atoms with Crippen molar-refractivity contribution in [3.63, 3.8) is 0 Å². The van der Waals surface area contributed by atoms with Crippen LogP contribution in [0.15, 0.2) is 38.6 Å². The molecule has 0 saturated heterocycles. The summed E-state index contributed by atoms with van der Waals surface area (Å²) in [4.78, 5) is 53.4. The van der Waals surface area contributed by atoms with E-state index in [1.807, 2.05) is 0 Å². The second-order valence-corrected chi connectivity index (χ2v) is 5.51. The highest BCUT2D eigenvalue weighted by molar-refractivity contribution is 7.81. The first-order valence-electron chi connectivity index (χ1n) is 7.04.